The van der Waals surface area contributed by atoms with Gasteiger partial charge in [-0.25, -0.2) is 0 Å². The van der Waals surface area contributed by atoms with Gasteiger partial charge in [0.2, 0.25) is 0 Å². The Balaban J connectivity index is 1.24. The zero-order valence-electron chi connectivity index (χ0n) is 29.8. The molecular formula is C52H36N2. The van der Waals surface area contributed by atoms with Crippen molar-refractivity contribution in [2.75, 3.05) is 9.80 Å². The van der Waals surface area contributed by atoms with Crippen LogP contribution < -0.4 is 9.80 Å². The first-order valence-electron chi connectivity index (χ1n) is 18.9. The Kier molecular flexibility index (Phi) is 7.03. The van der Waals surface area contributed by atoms with Crippen molar-refractivity contribution in [2.24, 2.45) is 0 Å². The number of para-hydroxylation sites is 4. The summed E-state index contributed by atoms with van der Waals surface area (Å²) in [5, 5.41) is 4.97. The smallest absolute Gasteiger partial charge is 0.0497 e. The van der Waals surface area contributed by atoms with Crippen molar-refractivity contribution in [1.29, 1.82) is 0 Å². The number of hydrogen-bond donors (Lipinski definition) is 0. The highest BCUT2D eigenvalue weighted by Gasteiger charge is 2.27. The van der Waals surface area contributed by atoms with E-state index in [0.29, 0.717) is 0 Å². The topological polar surface area (TPSA) is 6.48 Å². The molecule has 2 heteroatoms. The van der Waals surface area contributed by atoms with E-state index in [1.54, 1.807) is 0 Å². The Morgan fingerprint density at radius 1 is 0.278 bits per heavy atom. The van der Waals surface area contributed by atoms with Gasteiger partial charge >= 0.3 is 0 Å². The lowest BCUT2D eigenvalue weighted by Gasteiger charge is -2.34. The molecule has 0 fully saturated rings. The van der Waals surface area contributed by atoms with Crippen molar-refractivity contribution in [1.82, 2.24) is 0 Å². The summed E-state index contributed by atoms with van der Waals surface area (Å²) in [6, 6.07) is 71.6. The zero-order chi connectivity index (χ0) is 35.6. The molecule has 2 heterocycles. The lowest BCUT2D eigenvalue weighted by molar-refractivity contribution is 1.09. The van der Waals surface area contributed by atoms with Gasteiger partial charge in [-0.05, 0) is 115 Å². The molecule has 254 valence electrons. The van der Waals surface area contributed by atoms with Gasteiger partial charge in [0.15, 0.2) is 0 Å². The van der Waals surface area contributed by atoms with Crippen molar-refractivity contribution in [3.63, 3.8) is 0 Å². The third-order valence-electron chi connectivity index (χ3n) is 11.4. The molecule has 54 heavy (non-hydrogen) atoms. The van der Waals surface area contributed by atoms with Crippen LogP contribution in [-0.4, -0.2) is 0 Å². The Morgan fingerprint density at radius 2 is 0.593 bits per heavy atom. The Bertz CT molecular complexity index is 2640. The number of anilines is 6. The van der Waals surface area contributed by atoms with E-state index in [4.69, 9.17) is 0 Å². The minimum atomic E-state index is 0.931. The summed E-state index contributed by atoms with van der Waals surface area (Å²) in [5.41, 5.74) is 17.6. The summed E-state index contributed by atoms with van der Waals surface area (Å²) in [5.74, 6) is 0. The molecule has 2 nitrogen and oxygen atoms in total. The molecular weight excluding hydrogens is 653 g/mol. The van der Waals surface area contributed by atoms with Gasteiger partial charge in [0.25, 0.3) is 0 Å². The molecule has 0 aromatic heterocycles. The Morgan fingerprint density at radius 3 is 0.963 bits per heavy atom. The maximum atomic E-state index is 2.47. The molecule has 0 aliphatic carbocycles. The van der Waals surface area contributed by atoms with Gasteiger partial charge in [-0.3, -0.25) is 0 Å². The Hall–Kier alpha value is -6.90. The normalized spacial score (nSPS) is 13.0. The lowest BCUT2D eigenvalue weighted by Crippen LogP contribution is -2.18. The summed E-state index contributed by atoms with van der Waals surface area (Å²) in [4.78, 5) is 4.93. The highest BCUT2D eigenvalue weighted by atomic mass is 15.2. The number of fused-ring (bicyclic) bond motifs is 6. The van der Waals surface area contributed by atoms with Crippen molar-refractivity contribution in [3.05, 3.63) is 216 Å². The predicted octanol–water partition coefficient (Wildman–Crippen LogP) is 14.1. The predicted molar refractivity (Wildman–Crippen MR) is 227 cm³/mol. The number of rotatable bonds is 4. The summed E-state index contributed by atoms with van der Waals surface area (Å²) in [7, 11) is 0. The van der Waals surface area contributed by atoms with E-state index in [1.165, 1.54) is 88.8 Å². The Labute approximate surface area is 315 Å². The maximum absolute atomic E-state index is 2.47. The molecule has 0 unspecified atom stereocenters. The fraction of sp³-hybridized carbons (Fsp3) is 0.0385. The minimum Gasteiger partial charge on any atom is -0.310 e. The van der Waals surface area contributed by atoms with E-state index in [-0.39, 0.29) is 0 Å². The minimum absolute atomic E-state index is 0.931. The second kappa shape index (κ2) is 12.4. The maximum Gasteiger partial charge on any atom is 0.0497 e. The first-order valence-corrected chi connectivity index (χ1v) is 18.9. The fourth-order valence-corrected chi connectivity index (χ4v) is 9.05. The summed E-state index contributed by atoms with van der Waals surface area (Å²) in [6.45, 7) is 0. The average molecular weight is 689 g/mol. The van der Waals surface area contributed by atoms with Crippen LogP contribution in [-0.2, 0) is 12.8 Å². The average Bonchev–Trinajstić information content (AvgIpc) is 3.24. The molecule has 0 bridgehead atoms. The van der Waals surface area contributed by atoms with E-state index < -0.39 is 0 Å². The lowest BCUT2D eigenvalue weighted by atomic mass is 9.85. The monoisotopic (exact) mass is 688 g/mol. The summed E-state index contributed by atoms with van der Waals surface area (Å²) < 4.78 is 0. The van der Waals surface area contributed by atoms with Gasteiger partial charge in [0.1, 0.15) is 0 Å². The molecule has 11 rings (SSSR count). The van der Waals surface area contributed by atoms with Crippen molar-refractivity contribution < 1.29 is 0 Å². The van der Waals surface area contributed by atoms with Crippen LogP contribution in [0.4, 0.5) is 34.1 Å². The first kappa shape index (κ1) is 30.7. The SMILES string of the molecule is c1ccc(-c2c3ccc(N4c5ccccc5Cc5ccccc54)cc3c(-c3ccccc3)c3cc(N4c5ccccc5Cc5ccccc54)ccc23)cc1. The summed E-state index contributed by atoms with van der Waals surface area (Å²) in [6.07, 6.45) is 1.86. The van der Waals surface area contributed by atoms with Crippen molar-refractivity contribution >= 4 is 55.7 Å². The standard InChI is InChI=1S/C52H36N2/c1-3-15-35(16-4-1)51-43-29-27-41(53-47-23-11-7-19-37(47)31-38-20-8-12-24-48(38)53)33-45(43)52(36-17-5-2-6-18-36)46-34-42(28-30-44(46)51)54-49-25-13-9-21-39(49)32-40-22-10-14-26-50(40)54/h1-30,33-34H,31-32H2. The molecule has 0 spiro atoms. The molecule has 0 saturated carbocycles. The quantitative estimate of drug-likeness (QED) is 0.170. The van der Waals surface area contributed by atoms with Crippen molar-refractivity contribution in [3.8, 4) is 22.3 Å². The molecule has 0 N–H and O–H groups in total. The fourth-order valence-electron chi connectivity index (χ4n) is 9.05. The van der Waals surface area contributed by atoms with E-state index in [9.17, 15) is 0 Å². The highest BCUT2D eigenvalue weighted by molar-refractivity contribution is 6.22. The van der Waals surface area contributed by atoms with E-state index >= 15 is 0 Å². The van der Waals surface area contributed by atoms with Crippen LogP contribution in [0.25, 0.3) is 43.8 Å². The van der Waals surface area contributed by atoms with Gasteiger partial charge in [-0.1, -0.05) is 146 Å². The second-order valence-corrected chi connectivity index (χ2v) is 14.5. The molecule has 2 aliphatic rings. The van der Waals surface area contributed by atoms with Crippen LogP contribution in [0.5, 0.6) is 0 Å². The number of benzene rings is 9. The highest BCUT2D eigenvalue weighted by Crippen LogP contribution is 2.51. The molecule has 0 atom stereocenters. The van der Waals surface area contributed by atoms with Gasteiger partial charge < -0.3 is 9.80 Å². The number of hydrogen-bond acceptors (Lipinski definition) is 2. The van der Waals surface area contributed by atoms with Gasteiger partial charge in [0.05, 0.1) is 0 Å². The molecule has 0 saturated heterocycles. The molecule has 9 aromatic rings. The largest absolute Gasteiger partial charge is 0.310 e. The van der Waals surface area contributed by atoms with Crippen LogP contribution in [0, 0.1) is 0 Å². The van der Waals surface area contributed by atoms with E-state index in [0.717, 1.165) is 24.2 Å². The van der Waals surface area contributed by atoms with Gasteiger partial charge in [-0.2, -0.15) is 0 Å². The van der Waals surface area contributed by atoms with E-state index in [2.05, 4.69) is 204 Å². The molecule has 0 radical (unpaired) electrons. The van der Waals surface area contributed by atoms with Crippen LogP contribution in [0.15, 0.2) is 194 Å². The molecule has 9 aromatic carbocycles. The first-order chi connectivity index (χ1) is 26.8. The van der Waals surface area contributed by atoms with Crippen LogP contribution in [0.2, 0.25) is 0 Å². The van der Waals surface area contributed by atoms with Crippen LogP contribution in [0.3, 0.4) is 0 Å². The third-order valence-corrected chi connectivity index (χ3v) is 11.4. The van der Waals surface area contributed by atoms with Crippen molar-refractivity contribution in [2.45, 2.75) is 12.8 Å². The second-order valence-electron chi connectivity index (χ2n) is 14.5. The molecule has 2 aliphatic heterocycles. The number of nitrogens with zero attached hydrogens (tertiary/aromatic N) is 2. The third kappa shape index (κ3) is 4.81. The van der Waals surface area contributed by atoms with Gasteiger partial charge in [0, 0.05) is 47.0 Å². The summed E-state index contributed by atoms with van der Waals surface area (Å²) >= 11 is 0. The zero-order valence-corrected chi connectivity index (χ0v) is 29.8. The molecule has 0 amide bonds. The van der Waals surface area contributed by atoms with Gasteiger partial charge in [-0.15, -0.1) is 0 Å². The van der Waals surface area contributed by atoms with Crippen LogP contribution >= 0.6 is 0 Å². The van der Waals surface area contributed by atoms with Crippen LogP contribution in [0.1, 0.15) is 22.3 Å². The van der Waals surface area contributed by atoms with E-state index in [1.807, 2.05) is 0 Å².